The molecule has 242 valence electrons. The Bertz CT molecular complexity index is 1830. The zero-order valence-electron chi connectivity index (χ0n) is 27.0. The van der Waals surface area contributed by atoms with E-state index < -0.39 is 29.7 Å². The van der Waals surface area contributed by atoms with E-state index in [1.807, 2.05) is 56.3 Å². The van der Waals surface area contributed by atoms with Gasteiger partial charge < -0.3 is 29.6 Å². The second kappa shape index (κ2) is 13.8. The second-order valence-corrected chi connectivity index (χ2v) is 12.7. The lowest BCUT2D eigenvalue weighted by molar-refractivity contribution is -0.124. The minimum atomic E-state index is -1.03. The van der Waals surface area contributed by atoms with Crippen LogP contribution in [-0.4, -0.2) is 33.7 Å². The summed E-state index contributed by atoms with van der Waals surface area (Å²) in [5.74, 6) is 0.0467. The molecule has 2 amide bonds. The molecule has 47 heavy (non-hydrogen) atoms. The number of hydrogen-bond donors (Lipinski definition) is 3. The van der Waals surface area contributed by atoms with Crippen molar-refractivity contribution in [2.75, 3.05) is 0 Å². The lowest BCUT2D eigenvalue weighted by Crippen LogP contribution is -2.50. The standard InChI is InChI=1S/C37H38N4O6/c1-22(2)32-35-39-29(20-38)33(46-35)27(26-13-9-10-14-30(26)42)19-25-17-24(15-16-31(25)45-21-23-11-7-6-8-12-23)18-28(34(43)41-32)40-36(44)47-37(3,4)5/h6-17,19,22,28,32,42H,18,21H2,1-5H3,(H,40,44)(H,41,43)/b27-19-/t28-,32-/m0/s1. The molecule has 0 saturated heterocycles. The molecule has 4 bridgehead atoms. The Morgan fingerprint density at radius 2 is 1.85 bits per heavy atom. The number of rotatable bonds is 6. The molecule has 1 aliphatic rings. The number of aromatic nitrogens is 1. The van der Waals surface area contributed by atoms with Crippen LogP contribution in [0.4, 0.5) is 4.79 Å². The molecule has 1 aliphatic heterocycles. The molecule has 2 atom stereocenters. The average Bonchev–Trinajstić information content (AvgIpc) is 3.45. The molecule has 5 rings (SSSR count). The highest BCUT2D eigenvalue weighted by Crippen LogP contribution is 2.38. The number of ether oxygens (including phenoxy) is 2. The van der Waals surface area contributed by atoms with Gasteiger partial charge in [0.05, 0.1) is 0 Å². The molecule has 4 aromatic rings. The Hall–Kier alpha value is -5.56. The van der Waals surface area contributed by atoms with Crippen LogP contribution in [0, 0.1) is 17.2 Å². The number of aromatic hydroxyl groups is 1. The summed E-state index contributed by atoms with van der Waals surface area (Å²) >= 11 is 0. The summed E-state index contributed by atoms with van der Waals surface area (Å²) in [6.07, 6.45) is 1.16. The number of nitriles is 1. The fraction of sp³-hybridized carbons (Fsp3) is 0.297. The molecule has 0 spiro atoms. The van der Waals surface area contributed by atoms with Gasteiger partial charge in [0.2, 0.25) is 11.8 Å². The lowest BCUT2D eigenvalue weighted by Gasteiger charge is -2.26. The maximum absolute atomic E-state index is 13.9. The Labute approximate surface area is 274 Å². The lowest BCUT2D eigenvalue weighted by atomic mass is 9.96. The highest BCUT2D eigenvalue weighted by atomic mass is 16.6. The van der Waals surface area contributed by atoms with E-state index in [2.05, 4.69) is 21.7 Å². The molecule has 3 aromatic carbocycles. The highest BCUT2D eigenvalue weighted by Gasteiger charge is 2.32. The smallest absolute Gasteiger partial charge is 0.408 e. The Morgan fingerprint density at radius 3 is 2.53 bits per heavy atom. The molecule has 3 N–H and O–H groups in total. The number of para-hydroxylation sites is 1. The molecule has 0 fully saturated rings. The van der Waals surface area contributed by atoms with Crippen molar-refractivity contribution in [3.05, 3.63) is 112 Å². The third-order valence-electron chi connectivity index (χ3n) is 7.48. The summed E-state index contributed by atoms with van der Waals surface area (Å²) in [6, 6.07) is 22.3. The molecule has 10 nitrogen and oxygen atoms in total. The van der Waals surface area contributed by atoms with Crippen LogP contribution in [0.15, 0.2) is 77.2 Å². The number of alkyl carbamates (subject to hydrolysis) is 1. The molecule has 10 heteroatoms. The number of amides is 2. The van der Waals surface area contributed by atoms with Crippen molar-refractivity contribution in [2.24, 2.45) is 5.92 Å². The van der Waals surface area contributed by atoms with Crippen molar-refractivity contribution in [2.45, 2.75) is 65.3 Å². The van der Waals surface area contributed by atoms with Gasteiger partial charge in [0, 0.05) is 23.1 Å². The number of hydrogen-bond acceptors (Lipinski definition) is 8. The van der Waals surface area contributed by atoms with Gasteiger partial charge in [-0.15, -0.1) is 0 Å². The fourth-order valence-electron chi connectivity index (χ4n) is 5.22. The van der Waals surface area contributed by atoms with Gasteiger partial charge in [-0.1, -0.05) is 68.4 Å². The summed E-state index contributed by atoms with van der Waals surface area (Å²) in [7, 11) is 0. The van der Waals surface area contributed by atoms with Gasteiger partial charge >= 0.3 is 6.09 Å². The van der Waals surface area contributed by atoms with E-state index in [-0.39, 0.29) is 42.0 Å². The van der Waals surface area contributed by atoms with E-state index in [0.717, 1.165) is 11.1 Å². The first-order chi connectivity index (χ1) is 22.4. The van der Waals surface area contributed by atoms with Crippen LogP contribution in [0.1, 0.15) is 80.3 Å². The van der Waals surface area contributed by atoms with Gasteiger partial charge in [-0.2, -0.15) is 5.26 Å². The zero-order chi connectivity index (χ0) is 33.7. The van der Waals surface area contributed by atoms with Gasteiger partial charge in [-0.25, -0.2) is 9.78 Å². The summed E-state index contributed by atoms with van der Waals surface area (Å²) in [5.41, 5.74) is 2.29. The SMILES string of the molecule is CC(C)[C@@H]1NC(=O)[C@@H](NC(=O)OC(C)(C)C)Cc2ccc(OCc3ccccc3)c(c2)/C=C(/c2ccccc2O)c2oc1nc2C#N. The highest BCUT2D eigenvalue weighted by molar-refractivity contribution is 5.94. The van der Waals surface area contributed by atoms with Crippen molar-refractivity contribution in [1.29, 1.82) is 5.26 Å². The molecule has 2 heterocycles. The van der Waals surface area contributed by atoms with Crippen LogP contribution in [0.2, 0.25) is 0 Å². The third kappa shape index (κ3) is 8.00. The minimum Gasteiger partial charge on any atom is -0.507 e. The van der Waals surface area contributed by atoms with E-state index >= 15 is 0 Å². The zero-order valence-corrected chi connectivity index (χ0v) is 27.0. The minimum absolute atomic E-state index is 0.0159. The van der Waals surface area contributed by atoms with Gasteiger partial charge in [-0.05, 0) is 62.1 Å². The van der Waals surface area contributed by atoms with Crippen LogP contribution >= 0.6 is 0 Å². The first-order valence-corrected chi connectivity index (χ1v) is 15.4. The van der Waals surface area contributed by atoms with E-state index in [1.165, 1.54) is 0 Å². The maximum Gasteiger partial charge on any atom is 0.408 e. The Balaban J connectivity index is 1.71. The first-order valence-electron chi connectivity index (χ1n) is 15.4. The van der Waals surface area contributed by atoms with E-state index in [1.54, 1.807) is 57.2 Å². The van der Waals surface area contributed by atoms with Crippen LogP contribution in [0.3, 0.4) is 0 Å². The average molecular weight is 635 g/mol. The third-order valence-corrected chi connectivity index (χ3v) is 7.48. The number of phenols is 1. The molecule has 1 aromatic heterocycles. The van der Waals surface area contributed by atoms with E-state index in [0.29, 0.717) is 22.4 Å². The van der Waals surface area contributed by atoms with Gasteiger partial charge in [0.25, 0.3) is 0 Å². The largest absolute Gasteiger partial charge is 0.507 e. The van der Waals surface area contributed by atoms with Crippen molar-refractivity contribution in [3.63, 3.8) is 0 Å². The summed E-state index contributed by atoms with van der Waals surface area (Å²) in [5, 5.41) is 26.9. The monoisotopic (exact) mass is 634 g/mol. The fourth-order valence-corrected chi connectivity index (χ4v) is 5.22. The molecule has 0 saturated carbocycles. The van der Waals surface area contributed by atoms with Crippen molar-refractivity contribution in [3.8, 4) is 17.6 Å². The van der Waals surface area contributed by atoms with E-state index in [4.69, 9.17) is 13.9 Å². The van der Waals surface area contributed by atoms with Crippen LogP contribution in [0.5, 0.6) is 11.5 Å². The Morgan fingerprint density at radius 1 is 1.13 bits per heavy atom. The number of phenolic OH excluding ortho intramolecular Hbond substituents is 1. The van der Waals surface area contributed by atoms with Crippen molar-refractivity contribution in [1.82, 2.24) is 15.6 Å². The van der Waals surface area contributed by atoms with Crippen molar-refractivity contribution >= 4 is 23.6 Å². The molecular formula is C37H38N4O6. The predicted molar refractivity (Wildman–Crippen MR) is 176 cm³/mol. The molecule has 0 radical (unpaired) electrons. The number of nitrogens with zero attached hydrogens (tertiary/aromatic N) is 2. The number of oxazole rings is 1. The Kier molecular flexibility index (Phi) is 9.66. The summed E-state index contributed by atoms with van der Waals surface area (Å²) in [4.78, 5) is 31.3. The quantitative estimate of drug-likeness (QED) is 0.213. The van der Waals surface area contributed by atoms with Crippen molar-refractivity contribution < 1.29 is 28.6 Å². The number of benzene rings is 3. The molecule has 0 aliphatic carbocycles. The number of carbonyl (C=O) groups is 2. The predicted octanol–water partition coefficient (Wildman–Crippen LogP) is 6.68. The summed E-state index contributed by atoms with van der Waals surface area (Å²) < 4.78 is 18.1. The molecular weight excluding hydrogens is 596 g/mol. The summed E-state index contributed by atoms with van der Waals surface area (Å²) in [6.45, 7) is 9.28. The van der Waals surface area contributed by atoms with Crippen LogP contribution in [-0.2, 0) is 22.6 Å². The van der Waals surface area contributed by atoms with Gasteiger partial charge in [0.1, 0.15) is 41.9 Å². The van der Waals surface area contributed by atoms with Crippen LogP contribution < -0.4 is 15.4 Å². The van der Waals surface area contributed by atoms with Gasteiger partial charge in [-0.3, -0.25) is 4.79 Å². The number of fused-ring (bicyclic) bond motifs is 4. The number of nitrogens with one attached hydrogen (secondary N) is 2. The normalized spacial score (nSPS) is 17.6. The number of carbonyl (C=O) groups excluding carboxylic acids is 2. The molecule has 0 unspecified atom stereocenters. The second-order valence-electron chi connectivity index (χ2n) is 12.7. The van der Waals surface area contributed by atoms with Gasteiger partial charge in [0.15, 0.2) is 11.5 Å². The maximum atomic E-state index is 13.9. The first kappa shape index (κ1) is 32.8. The van der Waals surface area contributed by atoms with E-state index in [9.17, 15) is 20.0 Å². The topological polar surface area (TPSA) is 147 Å². The van der Waals surface area contributed by atoms with Crippen LogP contribution in [0.25, 0.3) is 11.6 Å².